The average molecular weight is 396 g/mol. The molecule has 1 N–H and O–H groups in total. The predicted molar refractivity (Wildman–Crippen MR) is 107 cm³/mol. The van der Waals surface area contributed by atoms with E-state index in [9.17, 15) is 18.7 Å². The number of hydrogen-bond donors (Lipinski definition) is 1. The minimum absolute atomic E-state index is 0.120. The van der Waals surface area contributed by atoms with Crippen LogP contribution in [-0.4, -0.2) is 29.1 Å². The van der Waals surface area contributed by atoms with E-state index in [0.717, 1.165) is 17.8 Å². The minimum atomic E-state index is -1.02. The molecule has 2 aromatic carbocycles. The second-order valence-corrected chi connectivity index (χ2v) is 7.19. The maximum Gasteiger partial charge on any atom is 0.335 e. The van der Waals surface area contributed by atoms with E-state index < -0.39 is 17.6 Å². The molecule has 0 unspecified atom stereocenters. The van der Waals surface area contributed by atoms with Gasteiger partial charge in [0.05, 0.1) is 16.8 Å². The summed E-state index contributed by atoms with van der Waals surface area (Å²) in [5, 5.41) is 10.4. The molecule has 0 aliphatic heterocycles. The first-order valence-electron chi connectivity index (χ1n) is 9.04. The van der Waals surface area contributed by atoms with Gasteiger partial charge in [0, 0.05) is 29.9 Å². The largest absolute Gasteiger partial charge is 0.478 e. The van der Waals surface area contributed by atoms with Crippen molar-refractivity contribution in [3.8, 4) is 11.5 Å². The zero-order valence-electron chi connectivity index (χ0n) is 16.0. The standard InChI is InChI=1S/C22H18F2N2O3/c1-11(2)26(3)18-8-13-6-12(22(27)28)4-5-17(13)25-21(18)20-9-14-7-15(23)16(24)10-19(14)29-20/h4-11H,1-3H3,(H,27,28). The summed E-state index contributed by atoms with van der Waals surface area (Å²) in [6, 6.07) is 10.4. The van der Waals surface area contributed by atoms with Gasteiger partial charge >= 0.3 is 5.97 Å². The van der Waals surface area contributed by atoms with Crippen LogP contribution in [-0.2, 0) is 0 Å². The molecule has 0 atom stereocenters. The molecule has 5 nitrogen and oxygen atoms in total. The van der Waals surface area contributed by atoms with Gasteiger partial charge in [-0.05, 0) is 50.2 Å². The molecule has 0 spiro atoms. The minimum Gasteiger partial charge on any atom is -0.478 e. The Hall–Kier alpha value is -3.48. The van der Waals surface area contributed by atoms with Crippen molar-refractivity contribution in [1.29, 1.82) is 0 Å². The topological polar surface area (TPSA) is 66.6 Å². The smallest absolute Gasteiger partial charge is 0.335 e. The van der Waals surface area contributed by atoms with Crippen LogP contribution < -0.4 is 4.90 Å². The van der Waals surface area contributed by atoms with Gasteiger partial charge in [0.25, 0.3) is 0 Å². The maximum atomic E-state index is 13.6. The fourth-order valence-corrected chi connectivity index (χ4v) is 3.18. The number of halogens is 2. The van der Waals surface area contributed by atoms with Crippen molar-refractivity contribution in [3.63, 3.8) is 0 Å². The summed E-state index contributed by atoms with van der Waals surface area (Å²) in [6.07, 6.45) is 0. The summed E-state index contributed by atoms with van der Waals surface area (Å²) >= 11 is 0. The molecule has 2 aromatic heterocycles. The monoisotopic (exact) mass is 396 g/mol. The number of carboxylic acid groups (broad SMARTS) is 1. The number of benzene rings is 2. The fourth-order valence-electron chi connectivity index (χ4n) is 3.18. The van der Waals surface area contributed by atoms with Gasteiger partial charge < -0.3 is 14.4 Å². The molecule has 29 heavy (non-hydrogen) atoms. The van der Waals surface area contributed by atoms with Crippen molar-refractivity contribution < 1.29 is 23.1 Å². The van der Waals surface area contributed by atoms with E-state index in [-0.39, 0.29) is 17.2 Å². The van der Waals surface area contributed by atoms with Gasteiger partial charge in [0.1, 0.15) is 11.3 Å². The molecule has 4 rings (SSSR count). The molecule has 7 heteroatoms. The zero-order valence-corrected chi connectivity index (χ0v) is 16.0. The lowest BCUT2D eigenvalue weighted by Gasteiger charge is -2.25. The molecule has 4 aromatic rings. The van der Waals surface area contributed by atoms with Crippen molar-refractivity contribution in [2.24, 2.45) is 0 Å². The highest BCUT2D eigenvalue weighted by atomic mass is 19.2. The number of fused-ring (bicyclic) bond motifs is 2. The lowest BCUT2D eigenvalue weighted by atomic mass is 10.1. The van der Waals surface area contributed by atoms with Crippen LogP contribution in [0.5, 0.6) is 0 Å². The van der Waals surface area contributed by atoms with Crippen LogP contribution in [0, 0.1) is 11.6 Å². The van der Waals surface area contributed by atoms with E-state index in [0.29, 0.717) is 27.7 Å². The van der Waals surface area contributed by atoms with Crippen LogP contribution in [0.1, 0.15) is 24.2 Å². The fraction of sp³-hybridized carbons (Fsp3) is 0.182. The van der Waals surface area contributed by atoms with Crippen LogP contribution in [0.2, 0.25) is 0 Å². The number of hydrogen-bond acceptors (Lipinski definition) is 4. The van der Waals surface area contributed by atoms with Gasteiger partial charge in [-0.25, -0.2) is 18.6 Å². The van der Waals surface area contributed by atoms with Gasteiger partial charge in [-0.3, -0.25) is 0 Å². The third kappa shape index (κ3) is 3.29. The first-order valence-corrected chi connectivity index (χ1v) is 9.04. The molecule has 0 amide bonds. The zero-order chi connectivity index (χ0) is 20.9. The molecule has 0 radical (unpaired) electrons. The summed E-state index contributed by atoms with van der Waals surface area (Å²) in [7, 11) is 1.89. The Morgan fingerprint density at radius 2 is 1.79 bits per heavy atom. The van der Waals surface area contributed by atoms with Gasteiger partial charge in [-0.2, -0.15) is 0 Å². The summed E-state index contributed by atoms with van der Waals surface area (Å²) in [5.41, 5.74) is 2.20. The molecule has 0 fully saturated rings. The molecule has 0 bridgehead atoms. The van der Waals surface area contributed by atoms with E-state index >= 15 is 0 Å². The second-order valence-electron chi connectivity index (χ2n) is 7.19. The number of pyridine rings is 1. The molecule has 0 aliphatic rings. The third-order valence-corrected chi connectivity index (χ3v) is 4.99. The number of carboxylic acids is 1. The van der Waals surface area contributed by atoms with E-state index in [1.807, 2.05) is 31.9 Å². The number of nitrogens with zero attached hydrogens (tertiary/aromatic N) is 2. The van der Waals surface area contributed by atoms with Crippen LogP contribution in [0.4, 0.5) is 14.5 Å². The lowest BCUT2D eigenvalue weighted by Crippen LogP contribution is -2.26. The molecule has 0 saturated heterocycles. The van der Waals surface area contributed by atoms with Crippen LogP contribution in [0.15, 0.2) is 46.9 Å². The highest BCUT2D eigenvalue weighted by Gasteiger charge is 2.20. The van der Waals surface area contributed by atoms with Crippen molar-refractivity contribution in [1.82, 2.24) is 4.98 Å². The highest BCUT2D eigenvalue weighted by Crippen LogP contribution is 2.36. The Morgan fingerprint density at radius 3 is 2.48 bits per heavy atom. The SMILES string of the molecule is CC(C)N(C)c1cc2cc(C(=O)O)ccc2nc1-c1cc2cc(F)c(F)cc2o1. The average Bonchev–Trinajstić information content (AvgIpc) is 3.08. The Labute approximate surface area is 165 Å². The van der Waals surface area contributed by atoms with Gasteiger partial charge in [-0.1, -0.05) is 0 Å². The normalized spacial score (nSPS) is 11.5. The number of aromatic nitrogens is 1. The number of aromatic carboxylic acids is 1. The summed E-state index contributed by atoms with van der Waals surface area (Å²) in [5.74, 6) is -2.57. The number of anilines is 1. The number of carbonyl (C=O) groups is 1. The Kier molecular flexibility index (Phi) is 4.45. The van der Waals surface area contributed by atoms with Crippen molar-refractivity contribution in [2.75, 3.05) is 11.9 Å². The quantitative estimate of drug-likeness (QED) is 0.496. The third-order valence-electron chi connectivity index (χ3n) is 4.99. The van der Waals surface area contributed by atoms with Crippen LogP contribution in [0.3, 0.4) is 0 Å². The second kappa shape index (κ2) is 6.84. The van der Waals surface area contributed by atoms with Crippen molar-refractivity contribution in [2.45, 2.75) is 19.9 Å². The van der Waals surface area contributed by atoms with Crippen molar-refractivity contribution in [3.05, 3.63) is 59.7 Å². The highest BCUT2D eigenvalue weighted by molar-refractivity contribution is 5.96. The van der Waals surface area contributed by atoms with Gasteiger partial charge in [0.2, 0.25) is 0 Å². The van der Waals surface area contributed by atoms with E-state index in [2.05, 4.69) is 4.98 Å². The van der Waals surface area contributed by atoms with Crippen LogP contribution in [0.25, 0.3) is 33.3 Å². The molecule has 2 heterocycles. The Balaban J connectivity index is 1.97. The van der Waals surface area contributed by atoms with Crippen LogP contribution >= 0.6 is 0 Å². The lowest BCUT2D eigenvalue weighted by molar-refractivity contribution is 0.0697. The summed E-state index contributed by atoms with van der Waals surface area (Å²) in [4.78, 5) is 18.0. The maximum absolute atomic E-state index is 13.6. The summed E-state index contributed by atoms with van der Waals surface area (Å²) in [6.45, 7) is 4.01. The first kappa shape index (κ1) is 18.9. The van der Waals surface area contributed by atoms with E-state index in [4.69, 9.17) is 4.42 Å². The Morgan fingerprint density at radius 1 is 1.07 bits per heavy atom. The Bertz CT molecular complexity index is 1230. The number of rotatable bonds is 4. The predicted octanol–water partition coefficient (Wildman–Crippen LogP) is 5.47. The van der Waals surface area contributed by atoms with Crippen molar-refractivity contribution >= 4 is 33.5 Å². The molecule has 0 aliphatic carbocycles. The number of furan rings is 1. The van der Waals surface area contributed by atoms with Gasteiger partial charge in [-0.15, -0.1) is 0 Å². The first-order chi connectivity index (χ1) is 13.7. The molecule has 148 valence electrons. The van der Waals surface area contributed by atoms with E-state index in [1.54, 1.807) is 18.2 Å². The van der Waals surface area contributed by atoms with E-state index in [1.165, 1.54) is 6.07 Å². The summed E-state index contributed by atoms with van der Waals surface area (Å²) < 4.78 is 33.0. The molecule has 0 saturated carbocycles. The van der Waals surface area contributed by atoms with Gasteiger partial charge in [0.15, 0.2) is 17.4 Å². The molecular formula is C22H18F2N2O3. The molecular weight excluding hydrogens is 378 g/mol.